The van der Waals surface area contributed by atoms with Gasteiger partial charge in [-0.05, 0) is 38.8 Å². The Hall–Kier alpha value is -1.73. The molecule has 1 unspecified atom stereocenters. The molecule has 0 saturated carbocycles. The van der Waals surface area contributed by atoms with E-state index in [-0.39, 0.29) is 11.8 Å². The van der Waals surface area contributed by atoms with Crippen LogP contribution < -0.4 is 0 Å². The topological polar surface area (TPSA) is 68.1 Å². The first-order valence-electron chi connectivity index (χ1n) is 7.95. The summed E-state index contributed by atoms with van der Waals surface area (Å²) in [5, 5.41) is 0. The zero-order valence-corrected chi connectivity index (χ0v) is 14.3. The van der Waals surface area contributed by atoms with Crippen LogP contribution in [0, 0.1) is 6.92 Å². The Labute approximate surface area is 137 Å². The van der Waals surface area contributed by atoms with Crippen molar-refractivity contribution in [2.45, 2.75) is 32.7 Å². The Balaban J connectivity index is 1.95. The number of piperidine rings is 1. The first-order chi connectivity index (χ1) is 11.0. The van der Waals surface area contributed by atoms with Gasteiger partial charge in [0.25, 0.3) is 0 Å². The molecule has 0 aliphatic carbocycles. The van der Waals surface area contributed by atoms with Crippen molar-refractivity contribution in [3.8, 4) is 11.4 Å². The highest BCUT2D eigenvalue weighted by atomic mass is 32.2. The molecule has 0 N–H and O–H groups in total. The van der Waals surface area contributed by atoms with Crippen LogP contribution in [0.25, 0.3) is 11.4 Å². The standard InChI is InChI=1S/C16H22N4O2S/c1-3-23(21,22)19-9-5-7-15(12-19)20-13(2)10-18-16(20)14-6-4-8-17-11-14/h4,6,8,10-11,15H,3,5,7,9,12H2,1-2H3. The average molecular weight is 334 g/mol. The molecule has 1 aliphatic heterocycles. The molecular weight excluding hydrogens is 312 g/mol. The van der Waals surface area contributed by atoms with E-state index in [9.17, 15) is 8.42 Å². The van der Waals surface area contributed by atoms with Gasteiger partial charge in [-0.1, -0.05) is 0 Å². The van der Waals surface area contributed by atoms with Crippen molar-refractivity contribution in [2.24, 2.45) is 0 Å². The Bertz CT molecular complexity index is 771. The molecule has 1 aliphatic rings. The molecule has 7 heteroatoms. The molecule has 6 nitrogen and oxygen atoms in total. The minimum absolute atomic E-state index is 0.114. The number of rotatable bonds is 4. The first kappa shape index (κ1) is 16.1. The van der Waals surface area contributed by atoms with Crippen molar-refractivity contribution < 1.29 is 8.42 Å². The average Bonchev–Trinajstić information content (AvgIpc) is 2.97. The molecule has 0 spiro atoms. The smallest absolute Gasteiger partial charge is 0.213 e. The first-order valence-corrected chi connectivity index (χ1v) is 9.56. The van der Waals surface area contributed by atoms with E-state index in [1.165, 1.54) is 0 Å². The van der Waals surface area contributed by atoms with Crippen molar-refractivity contribution >= 4 is 10.0 Å². The van der Waals surface area contributed by atoms with Gasteiger partial charge in [0.2, 0.25) is 10.0 Å². The van der Waals surface area contributed by atoms with Crippen LogP contribution in [0.3, 0.4) is 0 Å². The Morgan fingerprint density at radius 3 is 2.87 bits per heavy atom. The number of nitrogens with zero attached hydrogens (tertiary/aromatic N) is 4. The second-order valence-electron chi connectivity index (χ2n) is 5.89. The van der Waals surface area contributed by atoms with Gasteiger partial charge < -0.3 is 4.57 Å². The summed E-state index contributed by atoms with van der Waals surface area (Å²) in [6.45, 7) is 4.84. The maximum atomic E-state index is 12.2. The molecular formula is C16H22N4O2S. The van der Waals surface area contributed by atoms with Crippen LogP contribution in [-0.2, 0) is 10.0 Å². The van der Waals surface area contributed by atoms with Crippen LogP contribution in [0.15, 0.2) is 30.7 Å². The summed E-state index contributed by atoms with van der Waals surface area (Å²) in [5.41, 5.74) is 2.00. The van der Waals surface area contributed by atoms with Gasteiger partial charge in [0.15, 0.2) is 0 Å². The molecule has 2 aromatic rings. The molecule has 124 valence electrons. The van der Waals surface area contributed by atoms with Gasteiger partial charge in [0.05, 0.1) is 5.75 Å². The highest BCUT2D eigenvalue weighted by molar-refractivity contribution is 7.89. The molecule has 2 aromatic heterocycles. The summed E-state index contributed by atoms with van der Waals surface area (Å²) in [4.78, 5) is 8.69. The Kier molecular flexibility index (Phi) is 4.50. The summed E-state index contributed by atoms with van der Waals surface area (Å²) in [6, 6.07) is 3.98. The lowest BCUT2D eigenvalue weighted by Gasteiger charge is -2.33. The van der Waals surface area contributed by atoms with Crippen LogP contribution >= 0.6 is 0 Å². The number of aryl methyl sites for hydroxylation is 1. The number of hydrogen-bond acceptors (Lipinski definition) is 4. The zero-order chi connectivity index (χ0) is 16.4. The summed E-state index contributed by atoms with van der Waals surface area (Å²) in [5.74, 6) is 1.01. The lowest BCUT2D eigenvalue weighted by atomic mass is 10.1. The van der Waals surface area contributed by atoms with Gasteiger partial charge in [-0.25, -0.2) is 13.4 Å². The number of sulfonamides is 1. The quantitative estimate of drug-likeness (QED) is 0.860. The van der Waals surface area contributed by atoms with Crippen molar-refractivity contribution in [1.82, 2.24) is 18.8 Å². The molecule has 3 heterocycles. The summed E-state index contributed by atoms with van der Waals surface area (Å²) >= 11 is 0. The molecule has 3 rings (SSSR count). The van der Waals surface area contributed by atoms with E-state index in [1.54, 1.807) is 23.6 Å². The minimum Gasteiger partial charge on any atom is -0.324 e. The number of hydrogen-bond donors (Lipinski definition) is 0. The van der Waals surface area contributed by atoms with Crippen molar-refractivity contribution in [2.75, 3.05) is 18.8 Å². The third kappa shape index (κ3) is 3.16. The fourth-order valence-corrected chi connectivity index (χ4v) is 4.35. The van der Waals surface area contributed by atoms with E-state index < -0.39 is 10.0 Å². The largest absolute Gasteiger partial charge is 0.324 e. The van der Waals surface area contributed by atoms with Crippen LogP contribution in [-0.4, -0.2) is 46.1 Å². The Morgan fingerprint density at radius 2 is 2.17 bits per heavy atom. The van der Waals surface area contributed by atoms with Crippen molar-refractivity contribution in [1.29, 1.82) is 0 Å². The number of aromatic nitrogens is 3. The SMILES string of the molecule is CCS(=O)(=O)N1CCCC(n2c(C)cnc2-c2cccnc2)C1. The lowest BCUT2D eigenvalue weighted by molar-refractivity contribution is 0.266. The van der Waals surface area contributed by atoms with Crippen LogP contribution in [0.4, 0.5) is 0 Å². The maximum Gasteiger partial charge on any atom is 0.213 e. The number of pyridine rings is 1. The zero-order valence-electron chi connectivity index (χ0n) is 13.5. The van der Waals surface area contributed by atoms with E-state index in [1.807, 2.05) is 25.3 Å². The van der Waals surface area contributed by atoms with Gasteiger partial charge in [0, 0.05) is 49.0 Å². The lowest BCUT2D eigenvalue weighted by Crippen LogP contribution is -2.41. The molecule has 23 heavy (non-hydrogen) atoms. The van der Waals surface area contributed by atoms with Gasteiger partial charge in [0.1, 0.15) is 5.82 Å². The highest BCUT2D eigenvalue weighted by Crippen LogP contribution is 2.30. The van der Waals surface area contributed by atoms with Crippen molar-refractivity contribution in [3.63, 3.8) is 0 Å². The Morgan fingerprint density at radius 1 is 1.35 bits per heavy atom. The second kappa shape index (κ2) is 6.41. The monoisotopic (exact) mass is 334 g/mol. The molecule has 1 saturated heterocycles. The van der Waals surface area contributed by atoms with E-state index in [0.717, 1.165) is 29.9 Å². The normalized spacial score (nSPS) is 19.8. The van der Waals surface area contributed by atoms with Gasteiger partial charge >= 0.3 is 0 Å². The predicted octanol–water partition coefficient (Wildman–Crippen LogP) is 2.24. The van der Waals surface area contributed by atoms with Crippen molar-refractivity contribution in [3.05, 3.63) is 36.4 Å². The minimum atomic E-state index is -3.15. The molecule has 0 aromatic carbocycles. The molecule has 1 fully saturated rings. The van der Waals surface area contributed by atoms with E-state index in [2.05, 4.69) is 14.5 Å². The van der Waals surface area contributed by atoms with E-state index in [4.69, 9.17) is 0 Å². The summed E-state index contributed by atoms with van der Waals surface area (Å²) in [7, 11) is -3.15. The van der Waals surface area contributed by atoms with Gasteiger partial charge in [-0.15, -0.1) is 0 Å². The summed E-state index contributed by atoms with van der Waals surface area (Å²) < 4.78 is 28.2. The van der Waals surface area contributed by atoms with Gasteiger partial charge in [-0.3, -0.25) is 4.98 Å². The van der Waals surface area contributed by atoms with Crippen LogP contribution in [0.2, 0.25) is 0 Å². The second-order valence-corrected chi connectivity index (χ2v) is 8.15. The highest BCUT2D eigenvalue weighted by Gasteiger charge is 2.30. The fourth-order valence-electron chi connectivity index (χ4n) is 3.18. The van der Waals surface area contributed by atoms with E-state index in [0.29, 0.717) is 13.1 Å². The molecule has 1 atom stereocenters. The van der Waals surface area contributed by atoms with Gasteiger partial charge in [-0.2, -0.15) is 4.31 Å². The molecule has 0 bridgehead atoms. The maximum absolute atomic E-state index is 12.2. The molecule has 0 radical (unpaired) electrons. The van der Waals surface area contributed by atoms with Crippen LogP contribution in [0.1, 0.15) is 31.5 Å². The third-order valence-electron chi connectivity index (χ3n) is 4.38. The predicted molar refractivity (Wildman–Crippen MR) is 89.5 cm³/mol. The van der Waals surface area contributed by atoms with Crippen LogP contribution in [0.5, 0.6) is 0 Å². The fraction of sp³-hybridized carbons (Fsp3) is 0.500. The number of imidazole rings is 1. The van der Waals surface area contributed by atoms with E-state index >= 15 is 0 Å². The summed E-state index contributed by atoms with van der Waals surface area (Å²) in [6.07, 6.45) is 7.20. The third-order valence-corrected chi connectivity index (χ3v) is 6.23. The molecule has 0 amide bonds.